The minimum atomic E-state index is -0.962. The number of hydrogen-bond acceptors (Lipinski definition) is 3. The van der Waals surface area contributed by atoms with Crippen molar-refractivity contribution in [2.24, 2.45) is 0 Å². The van der Waals surface area contributed by atoms with Crippen molar-refractivity contribution in [2.75, 3.05) is 12.0 Å². The molecule has 4 nitrogen and oxygen atoms in total. The molecule has 0 saturated carbocycles. The summed E-state index contributed by atoms with van der Waals surface area (Å²) in [6.45, 7) is 1.32. The number of rotatable bonds is 6. The molecule has 0 aromatic carbocycles. The highest BCUT2D eigenvalue weighted by atomic mass is 32.2. The molecule has 0 saturated heterocycles. The molecule has 0 radical (unpaired) electrons. The molecule has 0 aliphatic carbocycles. The zero-order chi connectivity index (χ0) is 10.3. The normalized spacial score (nSPS) is 12.2. The van der Waals surface area contributed by atoms with Gasteiger partial charge in [-0.3, -0.25) is 4.79 Å². The highest BCUT2D eigenvalue weighted by molar-refractivity contribution is 7.98. The summed E-state index contributed by atoms with van der Waals surface area (Å²) in [4.78, 5) is 21.2. The minimum Gasteiger partial charge on any atom is -0.480 e. The zero-order valence-corrected chi connectivity index (χ0v) is 8.69. The average molecular weight is 205 g/mol. The summed E-state index contributed by atoms with van der Waals surface area (Å²) in [5, 5.41) is 11.1. The summed E-state index contributed by atoms with van der Waals surface area (Å²) in [6, 6.07) is -0.732. The maximum Gasteiger partial charge on any atom is 0.326 e. The van der Waals surface area contributed by atoms with E-state index in [-0.39, 0.29) is 5.91 Å². The summed E-state index contributed by atoms with van der Waals surface area (Å²) in [5.41, 5.74) is 0. The second-order valence-electron chi connectivity index (χ2n) is 2.73. The monoisotopic (exact) mass is 205 g/mol. The predicted molar refractivity (Wildman–Crippen MR) is 52.9 cm³/mol. The lowest BCUT2D eigenvalue weighted by molar-refractivity contribution is -0.141. The summed E-state index contributed by atoms with van der Waals surface area (Å²) >= 11 is 1.67. The Hall–Kier alpha value is -0.710. The molecular formula is C8H15NO3S. The van der Waals surface area contributed by atoms with Gasteiger partial charge in [0.1, 0.15) is 6.04 Å². The Labute approximate surface area is 82.1 Å². The van der Waals surface area contributed by atoms with Crippen LogP contribution in [0.25, 0.3) is 0 Å². The van der Waals surface area contributed by atoms with Crippen molar-refractivity contribution in [3.8, 4) is 0 Å². The first-order valence-corrected chi connectivity index (χ1v) is 5.46. The SMILES string of the molecule is CSCCCC(NC(C)=O)C(=O)O. The van der Waals surface area contributed by atoms with Crippen LogP contribution in [0.1, 0.15) is 19.8 Å². The fraction of sp³-hybridized carbons (Fsp3) is 0.750. The number of carboxylic acid groups (broad SMARTS) is 1. The molecule has 1 atom stereocenters. The van der Waals surface area contributed by atoms with Crippen LogP contribution in [0.3, 0.4) is 0 Å². The first-order chi connectivity index (χ1) is 6.07. The number of carbonyl (C=O) groups is 2. The van der Waals surface area contributed by atoms with Gasteiger partial charge in [0.25, 0.3) is 0 Å². The lowest BCUT2D eigenvalue weighted by atomic mass is 10.2. The number of thioether (sulfide) groups is 1. The minimum absolute atomic E-state index is 0.295. The van der Waals surface area contributed by atoms with Gasteiger partial charge in [0.15, 0.2) is 0 Å². The van der Waals surface area contributed by atoms with Gasteiger partial charge in [-0.15, -0.1) is 0 Å². The maximum absolute atomic E-state index is 10.6. The summed E-state index contributed by atoms with van der Waals surface area (Å²) in [7, 11) is 0. The molecule has 2 N–H and O–H groups in total. The number of aliphatic carboxylic acids is 1. The average Bonchev–Trinajstić information content (AvgIpc) is 2.02. The molecule has 5 heteroatoms. The van der Waals surface area contributed by atoms with Gasteiger partial charge >= 0.3 is 5.97 Å². The van der Waals surface area contributed by atoms with Crippen LogP contribution in [-0.2, 0) is 9.59 Å². The molecule has 1 unspecified atom stereocenters. The molecule has 76 valence electrons. The third kappa shape index (κ3) is 6.45. The van der Waals surface area contributed by atoms with Crippen LogP contribution >= 0.6 is 11.8 Å². The molecule has 1 amide bonds. The van der Waals surface area contributed by atoms with Gasteiger partial charge in [-0.2, -0.15) is 11.8 Å². The second kappa shape index (κ2) is 6.77. The number of nitrogens with one attached hydrogen (secondary N) is 1. The van der Waals surface area contributed by atoms with E-state index in [1.165, 1.54) is 6.92 Å². The summed E-state index contributed by atoms with van der Waals surface area (Å²) in [6.07, 6.45) is 3.27. The van der Waals surface area contributed by atoms with Crippen LogP contribution in [0.15, 0.2) is 0 Å². The van der Waals surface area contributed by atoms with E-state index in [9.17, 15) is 9.59 Å². The molecule has 0 aliphatic heterocycles. The molecule has 0 rings (SSSR count). The van der Waals surface area contributed by atoms with Crippen LogP contribution in [0.5, 0.6) is 0 Å². The van der Waals surface area contributed by atoms with Crippen molar-refractivity contribution >= 4 is 23.6 Å². The largest absolute Gasteiger partial charge is 0.480 e. The molecule has 0 fully saturated rings. The number of carbonyl (C=O) groups excluding carboxylic acids is 1. The van der Waals surface area contributed by atoms with Crippen LogP contribution < -0.4 is 5.32 Å². The Balaban J connectivity index is 3.81. The standard InChI is InChI=1S/C8H15NO3S/c1-6(10)9-7(8(11)12)4-3-5-13-2/h7H,3-5H2,1-2H3,(H,9,10)(H,11,12). The predicted octanol–water partition coefficient (Wildman–Crippen LogP) is 0.719. The molecule has 13 heavy (non-hydrogen) atoms. The van der Waals surface area contributed by atoms with E-state index in [1.54, 1.807) is 11.8 Å². The highest BCUT2D eigenvalue weighted by Crippen LogP contribution is 2.03. The van der Waals surface area contributed by atoms with Gasteiger partial charge in [-0.25, -0.2) is 4.79 Å². The van der Waals surface area contributed by atoms with Crippen molar-refractivity contribution in [2.45, 2.75) is 25.8 Å². The Bertz CT molecular complexity index is 184. The fourth-order valence-corrected chi connectivity index (χ4v) is 1.39. The van der Waals surface area contributed by atoms with Gasteiger partial charge < -0.3 is 10.4 Å². The smallest absolute Gasteiger partial charge is 0.326 e. The van der Waals surface area contributed by atoms with E-state index >= 15 is 0 Å². The fourth-order valence-electron chi connectivity index (χ4n) is 0.935. The van der Waals surface area contributed by atoms with Crippen molar-refractivity contribution in [3.63, 3.8) is 0 Å². The third-order valence-electron chi connectivity index (χ3n) is 1.52. The number of carboxylic acids is 1. The van der Waals surface area contributed by atoms with Gasteiger partial charge in [-0.05, 0) is 24.9 Å². The van der Waals surface area contributed by atoms with E-state index < -0.39 is 12.0 Å². The van der Waals surface area contributed by atoms with Crippen molar-refractivity contribution in [3.05, 3.63) is 0 Å². The summed E-state index contributed by atoms with van der Waals surface area (Å²) < 4.78 is 0. The molecular weight excluding hydrogens is 190 g/mol. The van der Waals surface area contributed by atoms with Crippen molar-refractivity contribution in [1.29, 1.82) is 0 Å². The Morgan fingerprint density at radius 1 is 1.54 bits per heavy atom. The van der Waals surface area contributed by atoms with Crippen molar-refractivity contribution in [1.82, 2.24) is 5.32 Å². The third-order valence-corrected chi connectivity index (χ3v) is 2.21. The molecule has 0 aromatic heterocycles. The van der Waals surface area contributed by atoms with Crippen molar-refractivity contribution < 1.29 is 14.7 Å². The van der Waals surface area contributed by atoms with Crippen LogP contribution in [0.2, 0.25) is 0 Å². The molecule has 0 aliphatic rings. The van der Waals surface area contributed by atoms with E-state index in [0.717, 1.165) is 12.2 Å². The lowest BCUT2D eigenvalue weighted by Gasteiger charge is -2.12. The number of amides is 1. The summed E-state index contributed by atoms with van der Waals surface area (Å²) in [5.74, 6) is -0.337. The van der Waals surface area contributed by atoms with Crippen LogP contribution in [0.4, 0.5) is 0 Å². The van der Waals surface area contributed by atoms with Gasteiger partial charge in [-0.1, -0.05) is 0 Å². The van der Waals surface area contributed by atoms with E-state index in [4.69, 9.17) is 5.11 Å². The van der Waals surface area contributed by atoms with Gasteiger partial charge in [0.2, 0.25) is 5.91 Å². The van der Waals surface area contributed by atoms with E-state index in [0.29, 0.717) is 6.42 Å². The first kappa shape index (κ1) is 12.3. The lowest BCUT2D eigenvalue weighted by Crippen LogP contribution is -2.39. The Morgan fingerprint density at radius 3 is 2.54 bits per heavy atom. The maximum atomic E-state index is 10.6. The molecule has 0 heterocycles. The molecule has 0 spiro atoms. The van der Waals surface area contributed by atoms with E-state index in [2.05, 4.69) is 5.32 Å². The van der Waals surface area contributed by atoms with E-state index in [1.807, 2.05) is 6.26 Å². The zero-order valence-electron chi connectivity index (χ0n) is 7.87. The van der Waals surface area contributed by atoms with Gasteiger partial charge in [0.05, 0.1) is 0 Å². The molecule has 0 aromatic rings. The number of hydrogen-bond donors (Lipinski definition) is 2. The Kier molecular flexibility index (Phi) is 6.40. The second-order valence-corrected chi connectivity index (χ2v) is 3.71. The first-order valence-electron chi connectivity index (χ1n) is 4.06. The quantitative estimate of drug-likeness (QED) is 0.627. The highest BCUT2D eigenvalue weighted by Gasteiger charge is 2.16. The topological polar surface area (TPSA) is 66.4 Å². The molecule has 0 bridgehead atoms. The van der Waals surface area contributed by atoms with Gasteiger partial charge in [0, 0.05) is 6.92 Å². The van der Waals surface area contributed by atoms with Crippen LogP contribution in [-0.4, -0.2) is 35.0 Å². The van der Waals surface area contributed by atoms with Crippen LogP contribution in [0, 0.1) is 0 Å². The Morgan fingerprint density at radius 2 is 2.15 bits per heavy atom.